The Labute approximate surface area is 160 Å². The summed E-state index contributed by atoms with van der Waals surface area (Å²) < 4.78 is 7.40. The minimum absolute atomic E-state index is 0.429. The summed E-state index contributed by atoms with van der Waals surface area (Å²) in [7, 11) is 0. The summed E-state index contributed by atoms with van der Waals surface area (Å²) in [6.45, 7) is 0. The highest BCUT2D eigenvalue weighted by Crippen LogP contribution is 2.39. The molecule has 1 saturated carbocycles. The second-order valence-electron chi connectivity index (χ2n) is 7.07. The Kier molecular flexibility index (Phi) is 3.64. The van der Waals surface area contributed by atoms with Gasteiger partial charge in [-0.2, -0.15) is 10.1 Å². The molecule has 1 aromatic carbocycles. The van der Waals surface area contributed by atoms with E-state index in [0.29, 0.717) is 21.8 Å². The summed E-state index contributed by atoms with van der Waals surface area (Å²) in [5.41, 5.74) is 9.67. The number of aromatic nitrogens is 4. The molecule has 2 N–H and O–H groups in total. The number of nitrogens with zero attached hydrogens (tertiary/aromatic N) is 4. The van der Waals surface area contributed by atoms with Crippen LogP contribution in [0.2, 0.25) is 10.0 Å². The van der Waals surface area contributed by atoms with E-state index in [4.69, 9.17) is 38.6 Å². The summed E-state index contributed by atoms with van der Waals surface area (Å²) in [6, 6.07) is 5.41. The zero-order valence-electron chi connectivity index (χ0n) is 14.0. The van der Waals surface area contributed by atoms with Gasteiger partial charge in [-0.25, -0.2) is 4.68 Å². The minimum Gasteiger partial charge on any atom is -0.332 e. The Hall–Kier alpha value is -1.89. The SMILES string of the molecule is NC1(c2noc(-c3nn(-c4ccc(Cl)cc4Cl)c4c3CCC4)n2)CCC1. The van der Waals surface area contributed by atoms with Crippen molar-refractivity contribution < 1.29 is 4.52 Å². The fourth-order valence-corrected chi connectivity index (χ4v) is 4.25. The normalized spacial score (nSPS) is 18.0. The molecule has 0 amide bonds. The zero-order valence-corrected chi connectivity index (χ0v) is 15.5. The summed E-state index contributed by atoms with van der Waals surface area (Å²) >= 11 is 12.4. The molecule has 0 bridgehead atoms. The Bertz CT molecular complexity index is 1010. The van der Waals surface area contributed by atoms with Crippen LogP contribution >= 0.6 is 23.2 Å². The number of benzene rings is 1. The molecule has 0 atom stereocenters. The van der Waals surface area contributed by atoms with E-state index in [9.17, 15) is 0 Å². The van der Waals surface area contributed by atoms with Crippen LogP contribution in [0.15, 0.2) is 22.7 Å². The summed E-state index contributed by atoms with van der Waals surface area (Å²) in [5.74, 6) is 1.00. The van der Waals surface area contributed by atoms with Gasteiger partial charge in [0.25, 0.3) is 5.89 Å². The van der Waals surface area contributed by atoms with Crippen LogP contribution in [0.5, 0.6) is 0 Å². The predicted octanol–water partition coefficient (Wildman–Crippen LogP) is 4.06. The van der Waals surface area contributed by atoms with Crippen molar-refractivity contribution in [3.63, 3.8) is 0 Å². The maximum atomic E-state index is 6.40. The van der Waals surface area contributed by atoms with Gasteiger partial charge in [-0.3, -0.25) is 0 Å². The first-order valence-corrected chi connectivity index (χ1v) is 9.50. The van der Waals surface area contributed by atoms with Crippen molar-refractivity contribution >= 4 is 23.2 Å². The van der Waals surface area contributed by atoms with Gasteiger partial charge in [0.05, 0.1) is 16.2 Å². The first-order chi connectivity index (χ1) is 12.5. The van der Waals surface area contributed by atoms with Crippen molar-refractivity contribution in [1.82, 2.24) is 19.9 Å². The molecular formula is C18H17Cl2N5O. The van der Waals surface area contributed by atoms with Crippen LogP contribution in [0.4, 0.5) is 0 Å². The van der Waals surface area contributed by atoms with Crippen LogP contribution in [-0.4, -0.2) is 19.9 Å². The molecule has 5 rings (SSSR count). The number of fused-ring (bicyclic) bond motifs is 1. The molecule has 0 aliphatic heterocycles. The highest BCUT2D eigenvalue weighted by Gasteiger charge is 2.39. The van der Waals surface area contributed by atoms with Crippen LogP contribution in [0.1, 0.15) is 42.8 Å². The van der Waals surface area contributed by atoms with Gasteiger partial charge in [-0.05, 0) is 56.7 Å². The quantitative estimate of drug-likeness (QED) is 0.730. The highest BCUT2D eigenvalue weighted by atomic mass is 35.5. The van der Waals surface area contributed by atoms with E-state index in [1.54, 1.807) is 6.07 Å². The van der Waals surface area contributed by atoms with E-state index in [1.165, 1.54) is 0 Å². The van der Waals surface area contributed by atoms with E-state index >= 15 is 0 Å². The molecule has 0 radical (unpaired) electrons. The lowest BCUT2D eigenvalue weighted by Gasteiger charge is -2.34. The first kappa shape index (κ1) is 16.3. The van der Waals surface area contributed by atoms with E-state index in [-0.39, 0.29) is 0 Å². The molecule has 2 aliphatic rings. The molecule has 8 heteroatoms. The van der Waals surface area contributed by atoms with Crippen LogP contribution in [-0.2, 0) is 18.4 Å². The second kappa shape index (κ2) is 5.81. The van der Waals surface area contributed by atoms with Gasteiger partial charge in [0.15, 0.2) is 11.5 Å². The molecule has 0 spiro atoms. The maximum Gasteiger partial charge on any atom is 0.278 e. The molecule has 0 saturated heterocycles. The highest BCUT2D eigenvalue weighted by molar-refractivity contribution is 6.35. The lowest BCUT2D eigenvalue weighted by atomic mass is 9.77. The van der Waals surface area contributed by atoms with Gasteiger partial charge in [0, 0.05) is 16.3 Å². The standard InChI is InChI=1S/C18H17Cl2N5O/c19-10-5-6-14(12(20)9-10)25-13-4-1-3-11(13)15(23-25)16-22-17(24-26-16)18(21)7-2-8-18/h5-6,9H,1-4,7-8,21H2. The van der Waals surface area contributed by atoms with Gasteiger partial charge in [-0.1, -0.05) is 28.4 Å². The predicted molar refractivity (Wildman–Crippen MR) is 98.6 cm³/mol. The fraction of sp³-hybridized carbons (Fsp3) is 0.389. The van der Waals surface area contributed by atoms with E-state index in [2.05, 4.69) is 10.1 Å². The van der Waals surface area contributed by atoms with Crippen molar-refractivity contribution in [1.29, 1.82) is 0 Å². The lowest BCUT2D eigenvalue weighted by molar-refractivity contribution is 0.229. The smallest absolute Gasteiger partial charge is 0.278 e. The van der Waals surface area contributed by atoms with Gasteiger partial charge in [-0.15, -0.1) is 0 Å². The second-order valence-corrected chi connectivity index (χ2v) is 7.91. The Morgan fingerprint density at radius 2 is 2.00 bits per heavy atom. The van der Waals surface area contributed by atoms with Crippen molar-refractivity contribution in [3.8, 4) is 17.3 Å². The molecule has 1 fully saturated rings. The van der Waals surface area contributed by atoms with Gasteiger partial charge in [0.1, 0.15) is 0 Å². The number of halogens is 2. The van der Waals surface area contributed by atoms with E-state index < -0.39 is 5.54 Å². The van der Waals surface area contributed by atoms with Crippen molar-refractivity contribution in [2.75, 3.05) is 0 Å². The lowest BCUT2D eigenvalue weighted by Crippen LogP contribution is -2.44. The molecule has 26 heavy (non-hydrogen) atoms. The number of nitrogens with two attached hydrogens (primary N) is 1. The average Bonchev–Trinajstić information content (AvgIpc) is 3.29. The molecular weight excluding hydrogens is 373 g/mol. The first-order valence-electron chi connectivity index (χ1n) is 8.75. The topological polar surface area (TPSA) is 82.8 Å². The van der Waals surface area contributed by atoms with Crippen LogP contribution in [0, 0.1) is 0 Å². The fourth-order valence-electron chi connectivity index (χ4n) is 3.76. The monoisotopic (exact) mass is 389 g/mol. The molecule has 3 aromatic rings. The van der Waals surface area contributed by atoms with Crippen LogP contribution < -0.4 is 5.73 Å². The molecule has 2 aromatic heterocycles. The van der Waals surface area contributed by atoms with Crippen LogP contribution in [0.25, 0.3) is 17.3 Å². The number of hydrogen-bond donors (Lipinski definition) is 1. The van der Waals surface area contributed by atoms with E-state index in [0.717, 1.165) is 61.2 Å². The van der Waals surface area contributed by atoms with Crippen molar-refractivity contribution in [2.45, 2.75) is 44.1 Å². The summed E-state index contributed by atoms with van der Waals surface area (Å²) in [6.07, 6.45) is 5.80. The molecule has 134 valence electrons. The third kappa shape index (κ3) is 2.40. The van der Waals surface area contributed by atoms with Gasteiger partial charge >= 0.3 is 0 Å². The largest absolute Gasteiger partial charge is 0.332 e. The van der Waals surface area contributed by atoms with Gasteiger partial charge < -0.3 is 10.3 Å². The molecule has 2 heterocycles. The van der Waals surface area contributed by atoms with Crippen LogP contribution in [0.3, 0.4) is 0 Å². The molecule has 0 unspecified atom stereocenters. The van der Waals surface area contributed by atoms with Gasteiger partial charge in [0.2, 0.25) is 0 Å². The third-order valence-electron chi connectivity index (χ3n) is 5.39. The van der Waals surface area contributed by atoms with E-state index in [1.807, 2.05) is 16.8 Å². The molecule has 6 nitrogen and oxygen atoms in total. The Balaban J connectivity index is 1.61. The third-order valence-corrected chi connectivity index (χ3v) is 5.93. The summed E-state index contributed by atoms with van der Waals surface area (Å²) in [4.78, 5) is 4.56. The minimum atomic E-state index is -0.451. The Morgan fingerprint density at radius 3 is 2.73 bits per heavy atom. The van der Waals surface area contributed by atoms with Crippen molar-refractivity contribution in [3.05, 3.63) is 45.3 Å². The Morgan fingerprint density at radius 1 is 1.15 bits per heavy atom. The maximum absolute atomic E-state index is 6.40. The zero-order chi connectivity index (χ0) is 17.9. The number of rotatable bonds is 3. The molecule has 2 aliphatic carbocycles. The van der Waals surface area contributed by atoms with Crippen molar-refractivity contribution in [2.24, 2.45) is 5.73 Å². The average molecular weight is 390 g/mol. The summed E-state index contributed by atoms with van der Waals surface area (Å²) in [5, 5.41) is 10.0. The number of hydrogen-bond acceptors (Lipinski definition) is 5.